The topological polar surface area (TPSA) is 134 Å². The van der Waals surface area contributed by atoms with Gasteiger partial charge >= 0.3 is 6.18 Å². The standard InChI is InChI=1S/C17H20F3N7O2.ClH.H2O/c18-17(19,20)12-9-13(21)22-10-11(12)14-23-15(26-1-5-28-6-2-26)25-16(24-14)27-3-7-29-8-4-27;;/h9-10H,1-8H2,(H2,21,22);1H;1H2. The van der Waals surface area contributed by atoms with E-state index in [1.165, 1.54) is 0 Å². The summed E-state index contributed by atoms with van der Waals surface area (Å²) >= 11 is 0. The molecule has 0 unspecified atom stereocenters. The highest BCUT2D eigenvalue weighted by Gasteiger charge is 2.35. The Hall–Kier alpha value is -2.48. The molecule has 0 bridgehead atoms. The minimum absolute atomic E-state index is 0. The van der Waals surface area contributed by atoms with Gasteiger partial charge in [-0.25, -0.2) is 4.98 Å². The van der Waals surface area contributed by atoms with Crippen molar-refractivity contribution in [1.29, 1.82) is 0 Å². The number of ether oxygens (including phenoxy) is 2. The predicted molar refractivity (Wildman–Crippen MR) is 109 cm³/mol. The van der Waals surface area contributed by atoms with Crippen LogP contribution >= 0.6 is 12.4 Å². The molecule has 2 aromatic heterocycles. The quantitative estimate of drug-likeness (QED) is 0.698. The number of nitrogens with zero attached hydrogens (tertiary/aromatic N) is 6. The Labute approximate surface area is 182 Å². The molecule has 0 amide bonds. The summed E-state index contributed by atoms with van der Waals surface area (Å²) in [6.45, 7) is 4.12. The van der Waals surface area contributed by atoms with Crippen molar-refractivity contribution in [2.45, 2.75) is 6.18 Å². The molecule has 31 heavy (non-hydrogen) atoms. The van der Waals surface area contributed by atoms with Gasteiger partial charge in [0.1, 0.15) is 5.82 Å². The fourth-order valence-electron chi connectivity index (χ4n) is 3.17. The highest BCUT2D eigenvalue weighted by Crippen LogP contribution is 2.37. The minimum Gasteiger partial charge on any atom is -0.412 e. The Kier molecular flexibility index (Phi) is 8.17. The average molecular weight is 466 g/mol. The number of nitrogen functional groups attached to an aromatic ring is 1. The van der Waals surface area contributed by atoms with Crippen LogP contribution in [0.5, 0.6) is 0 Å². The molecule has 0 spiro atoms. The van der Waals surface area contributed by atoms with E-state index in [2.05, 4.69) is 19.9 Å². The third-order valence-electron chi connectivity index (χ3n) is 4.67. The zero-order valence-electron chi connectivity index (χ0n) is 16.4. The largest absolute Gasteiger partial charge is 0.417 e. The average Bonchev–Trinajstić information content (AvgIpc) is 2.74. The first-order valence-corrected chi connectivity index (χ1v) is 9.16. The van der Waals surface area contributed by atoms with Gasteiger partial charge in [-0.2, -0.15) is 28.1 Å². The van der Waals surface area contributed by atoms with Gasteiger partial charge in [0, 0.05) is 32.4 Å². The van der Waals surface area contributed by atoms with Crippen LogP contribution in [0.2, 0.25) is 0 Å². The summed E-state index contributed by atoms with van der Waals surface area (Å²) in [4.78, 5) is 20.7. The molecule has 4 heterocycles. The van der Waals surface area contributed by atoms with E-state index in [0.29, 0.717) is 64.5 Å². The third kappa shape index (κ3) is 5.61. The monoisotopic (exact) mass is 465 g/mol. The van der Waals surface area contributed by atoms with E-state index in [4.69, 9.17) is 15.2 Å². The highest BCUT2D eigenvalue weighted by atomic mass is 35.5. The van der Waals surface area contributed by atoms with Crippen LogP contribution in [0.4, 0.5) is 30.9 Å². The summed E-state index contributed by atoms with van der Waals surface area (Å²) in [6, 6.07) is 0.794. The van der Waals surface area contributed by atoms with Crippen LogP contribution in [0, 0.1) is 0 Å². The molecule has 172 valence electrons. The van der Waals surface area contributed by atoms with Gasteiger partial charge < -0.3 is 30.5 Å². The van der Waals surface area contributed by atoms with Crippen molar-refractivity contribution in [3.63, 3.8) is 0 Å². The lowest BCUT2D eigenvalue weighted by Crippen LogP contribution is -2.40. The zero-order chi connectivity index (χ0) is 20.4. The molecule has 2 aliphatic heterocycles. The molecule has 2 aromatic rings. The first kappa shape index (κ1) is 24.8. The number of aromatic nitrogens is 4. The van der Waals surface area contributed by atoms with Crippen molar-refractivity contribution in [3.8, 4) is 11.4 Å². The number of hydrogen-bond acceptors (Lipinski definition) is 9. The fourth-order valence-corrected chi connectivity index (χ4v) is 3.17. The number of anilines is 3. The molecular weight excluding hydrogens is 443 g/mol. The summed E-state index contributed by atoms with van der Waals surface area (Å²) in [7, 11) is 0. The first-order chi connectivity index (χ1) is 13.9. The van der Waals surface area contributed by atoms with E-state index in [-0.39, 0.29) is 35.1 Å². The van der Waals surface area contributed by atoms with Crippen molar-refractivity contribution in [2.24, 2.45) is 0 Å². The van der Waals surface area contributed by atoms with Gasteiger partial charge in [0.2, 0.25) is 11.9 Å². The number of hydrogen-bond donors (Lipinski definition) is 1. The Morgan fingerprint density at radius 1 is 0.871 bits per heavy atom. The first-order valence-electron chi connectivity index (χ1n) is 9.16. The van der Waals surface area contributed by atoms with Gasteiger partial charge in [-0.05, 0) is 6.07 Å². The van der Waals surface area contributed by atoms with Crippen LogP contribution in [-0.4, -0.2) is 78.0 Å². The van der Waals surface area contributed by atoms with Crippen LogP contribution in [-0.2, 0) is 15.7 Å². The molecular formula is C17H23ClF3N7O3. The number of pyridine rings is 1. The Morgan fingerprint density at radius 2 is 1.35 bits per heavy atom. The second-order valence-corrected chi connectivity index (χ2v) is 6.61. The molecule has 0 saturated carbocycles. The van der Waals surface area contributed by atoms with Crippen LogP contribution in [0.15, 0.2) is 12.3 Å². The highest BCUT2D eigenvalue weighted by molar-refractivity contribution is 5.85. The van der Waals surface area contributed by atoms with Gasteiger partial charge in [0.15, 0.2) is 5.82 Å². The predicted octanol–water partition coefficient (Wildman–Crippen LogP) is 0.805. The van der Waals surface area contributed by atoms with Gasteiger partial charge in [-0.1, -0.05) is 0 Å². The van der Waals surface area contributed by atoms with Crippen molar-refractivity contribution in [2.75, 3.05) is 68.1 Å². The molecule has 0 atom stereocenters. The number of rotatable bonds is 3. The Balaban J connectivity index is 0.00000171. The molecule has 10 nitrogen and oxygen atoms in total. The van der Waals surface area contributed by atoms with Gasteiger partial charge in [0.05, 0.1) is 37.6 Å². The molecule has 2 aliphatic rings. The maximum absolute atomic E-state index is 13.6. The van der Waals surface area contributed by atoms with E-state index < -0.39 is 11.7 Å². The normalized spacial score (nSPS) is 17.0. The van der Waals surface area contributed by atoms with Crippen LogP contribution in [0.3, 0.4) is 0 Å². The Morgan fingerprint density at radius 3 is 1.81 bits per heavy atom. The zero-order valence-corrected chi connectivity index (χ0v) is 17.2. The van der Waals surface area contributed by atoms with Gasteiger partial charge in [0.25, 0.3) is 0 Å². The van der Waals surface area contributed by atoms with E-state index >= 15 is 0 Å². The second kappa shape index (κ2) is 10.2. The molecule has 14 heteroatoms. The van der Waals surface area contributed by atoms with E-state index in [1.54, 1.807) is 0 Å². The van der Waals surface area contributed by atoms with Crippen molar-refractivity contribution >= 4 is 30.1 Å². The summed E-state index contributed by atoms with van der Waals surface area (Å²) in [5, 5.41) is 0. The third-order valence-corrected chi connectivity index (χ3v) is 4.67. The van der Waals surface area contributed by atoms with E-state index in [9.17, 15) is 13.2 Å². The smallest absolute Gasteiger partial charge is 0.412 e. The molecule has 0 aliphatic carbocycles. The lowest BCUT2D eigenvalue weighted by atomic mass is 10.1. The maximum Gasteiger partial charge on any atom is 0.417 e. The molecule has 0 radical (unpaired) electrons. The molecule has 2 fully saturated rings. The van der Waals surface area contributed by atoms with Gasteiger partial charge in [-0.3, -0.25) is 0 Å². The number of alkyl halides is 3. The number of halogens is 4. The molecule has 4 rings (SSSR count). The van der Waals surface area contributed by atoms with Crippen LogP contribution in [0.1, 0.15) is 5.56 Å². The van der Waals surface area contributed by atoms with E-state index in [0.717, 1.165) is 12.3 Å². The van der Waals surface area contributed by atoms with Crippen molar-refractivity contribution in [3.05, 3.63) is 17.8 Å². The lowest BCUT2D eigenvalue weighted by molar-refractivity contribution is -0.137. The van der Waals surface area contributed by atoms with E-state index in [1.807, 2.05) is 9.80 Å². The van der Waals surface area contributed by atoms with Crippen molar-refractivity contribution in [1.82, 2.24) is 19.9 Å². The van der Waals surface area contributed by atoms with Crippen molar-refractivity contribution < 1.29 is 28.1 Å². The molecule has 4 N–H and O–H groups in total. The summed E-state index contributed by atoms with van der Waals surface area (Å²) in [6.07, 6.45) is -3.57. The maximum atomic E-state index is 13.6. The summed E-state index contributed by atoms with van der Waals surface area (Å²) in [5.74, 6) is 0.300. The lowest BCUT2D eigenvalue weighted by Gasteiger charge is -2.30. The summed E-state index contributed by atoms with van der Waals surface area (Å²) < 4.78 is 51.5. The SMILES string of the molecule is Cl.Nc1cc(C(F)(F)F)c(-c2nc(N3CCOCC3)nc(N3CCOCC3)n2)cn1.O. The Bertz CT molecular complexity index is 842. The molecule has 2 saturated heterocycles. The van der Waals surface area contributed by atoms with Gasteiger partial charge in [-0.15, -0.1) is 12.4 Å². The fraction of sp³-hybridized carbons (Fsp3) is 0.529. The minimum atomic E-state index is -4.63. The number of morpholine rings is 2. The van der Waals surface area contributed by atoms with Crippen LogP contribution < -0.4 is 15.5 Å². The second-order valence-electron chi connectivity index (χ2n) is 6.61. The number of nitrogens with two attached hydrogens (primary N) is 1. The van der Waals surface area contributed by atoms with Crippen LogP contribution in [0.25, 0.3) is 11.4 Å². The molecule has 0 aromatic carbocycles. The summed E-state index contributed by atoms with van der Waals surface area (Å²) in [5.41, 5.74) is 4.32.